The second-order valence-corrected chi connectivity index (χ2v) is 6.33. The minimum absolute atomic E-state index is 0.244. The predicted molar refractivity (Wildman–Crippen MR) is 91.7 cm³/mol. The molecule has 0 amide bonds. The second-order valence-electron chi connectivity index (χ2n) is 5.47. The quantitative estimate of drug-likeness (QED) is 0.610. The van der Waals surface area contributed by atoms with Crippen LogP contribution >= 0.6 is 11.3 Å². The first-order chi connectivity index (χ1) is 11.6. The largest absolute Gasteiger partial charge is 0.287 e. The molecule has 0 saturated carbocycles. The number of hydrogen-bond acceptors (Lipinski definition) is 4. The fourth-order valence-electron chi connectivity index (χ4n) is 2.78. The Hall–Kier alpha value is -2.80. The highest BCUT2D eigenvalue weighted by molar-refractivity contribution is 7.13. The van der Waals surface area contributed by atoms with Crippen LogP contribution in [0.25, 0.3) is 27.8 Å². The predicted octanol–water partition coefficient (Wildman–Crippen LogP) is 4.14. The molecule has 0 fully saturated rings. The molecule has 0 aliphatic rings. The molecule has 0 saturated heterocycles. The number of hydrogen-bond donors (Lipinski definition) is 1. The molecular formula is C17H14FN5S. The van der Waals surface area contributed by atoms with Crippen LogP contribution in [0.1, 0.15) is 11.4 Å². The normalized spacial score (nSPS) is 11.1. The van der Waals surface area contributed by atoms with Crippen molar-refractivity contribution < 1.29 is 4.39 Å². The third kappa shape index (κ3) is 2.43. The summed E-state index contributed by atoms with van der Waals surface area (Å²) >= 11 is 1.55. The van der Waals surface area contributed by atoms with Gasteiger partial charge in [0.25, 0.3) is 0 Å². The van der Waals surface area contributed by atoms with Crippen LogP contribution in [0.3, 0.4) is 0 Å². The molecule has 0 aliphatic carbocycles. The van der Waals surface area contributed by atoms with Gasteiger partial charge in [-0.05, 0) is 44.2 Å². The number of aromatic nitrogens is 5. The molecule has 3 heterocycles. The smallest absolute Gasteiger partial charge is 0.229 e. The number of benzene rings is 1. The lowest BCUT2D eigenvalue weighted by molar-refractivity contribution is 0.628. The van der Waals surface area contributed by atoms with E-state index in [1.807, 2.05) is 23.8 Å². The number of rotatable bonds is 3. The zero-order chi connectivity index (χ0) is 16.7. The van der Waals surface area contributed by atoms with Crippen LogP contribution in [0.15, 0.2) is 42.0 Å². The molecule has 1 aromatic carbocycles. The Bertz CT molecular complexity index is 983. The molecule has 5 nitrogen and oxygen atoms in total. The number of nitrogens with zero attached hydrogens (tertiary/aromatic N) is 4. The van der Waals surface area contributed by atoms with Gasteiger partial charge in [-0.1, -0.05) is 0 Å². The van der Waals surface area contributed by atoms with E-state index in [9.17, 15) is 4.39 Å². The Kier molecular flexibility index (Phi) is 3.50. The Morgan fingerprint density at radius 3 is 2.67 bits per heavy atom. The van der Waals surface area contributed by atoms with Gasteiger partial charge in [0.1, 0.15) is 17.2 Å². The summed E-state index contributed by atoms with van der Waals surface area (Å²) in [5, 5.41) is 9.69. The van der Waals surface area contributed by atoms with Gasteiger partial charge in [0.2, 0.25) is 5.95 Å². The average Bonchev–Trinajstić information content (AvgIpc) is 3.29. The van der Waals surface area contributed by atoms with E-state index in [4.69, 9.17) is 4.98 Å². The van der Waals surface area contributed by atoms with Gasteiger partial charge in [0.05, 0.1) is 5.69 Å². The standard InChI is InChI=1S/C17H14FN5S/c1-10-7-14(11(2)23(10)17-19-9-20-22-17)15-8-24-16(21-15)12-3-5-13(18)6-4-12/h3-9H,1-2H3,(H,19,20,22). The maximum atomic E-state index is 13.1. The van der Waals surface area contributed by atoms with E-state index in [1.54, 1.807) is 23.5 Å². The van der Waals surface area contributed by atoms with E-state index in [1.165, 1.54) is 18.5 Å². The highest BCUT2D eigenvalue weighted by Gasteiger charge is 2.16. The average molecular weight is 339 g/mol. The summed E-state index contributed by atoms with van der Waals surface area (Å²) in [6.45, 7) is 4.05. The Morgan fingerprint density at radius 1 is 1.17 bits per heavy atom. The number of halogens is 1. The van der Waals surface area contributed by atoms with Gasteiger partial charge < -0.3 is 0 Å². The lowest BCUT2D eigenvalue weighted by atomic mass is 10.2. The van der Waals surface area contributed by atoms with Crippen molar-refractivity contribution in [1.82, 2.24) is 24.7 Å². The zero-order valence-corrected chi connectivity index (χ0v) is 13.9. The molecule has 0 aliphatic heterocycles. The first-order valence-corrected chi connectivity index (χ1v) is 8.28. The van der Waals surface area contributed by atoms with Crippen molar-refractivity contribution >= 4 is 11.3 Å². The molecule has 7 heteroatoms. The van der Waals surface area contributed by atoms with Crippen LogP contribution in [0.2, 0.25) is 0 Å². The van der Waals surface area contributed by atoms with Gasteiger partial charge in [-0.15, -0.1) is 11.3 Å². The van der Waals surface area contributed by atoms with Crippen molar-refractivity contribution in [1.29, 1.82) is 0 Å². The maximum Gasteiger partial charge on any atom is 0.229 e. The Morgan fingerprint density at radius 2 is 1.96 bits per heavy atom. The molecule has 0 spiro atoms. The Labute approximate surface area is 141 Å². The van der Waals surface area contributed by atoms with Gasteiger partial charge in [-0.2, -0.15) is 10.1 Å². The zero-order valence-electron chi connectivity index (χ0n) is 13.1. The third-order valence-electron chi connectivity index (χ3n) is 3.92. The van der Waals surface area contributed by atoms with Crippen molar-refractivity contribution in [3.8, 4) is 27.8 Å². The molecule has 0 bridgehead atoms. The maximum absolute atomic E-state index is 13.1. The van der Waals surface area contributed by atoms with Gasteiger partial charge in [-0.3, -0.25) is 4.57 Å². The van der Waals surface area contributed by atoms with Crippen molar-refractivity contribution in [2.75, 3.05) is 0 Å². The van der Waals surface area contributed by atoms with E-state index in [-0.39, 0.29) is 5.82 Å². The van der Waals surface area contributed by atoms with Gasteiger partial charge in [0.15, 0.2) is 0 Å². The van der Waals surface area contributed by atoms with E-state index >= 15 is 0 Å². The number of nitrogens with one attached hydrogen (secondary N) is 1. The lowest BCUT2D eigenvalue weighted by Gasteiger charge is -2.04. The fourth-order valence-corrected chi connectivity index (χ4v) is 3.60. The van der Waals surface area contributed by atoms with E-state index in [0.717, 1.165) is 33.2 Å². The highest BCUT2D eigenvalue weighted by atomic mass is 32.1. The summed E-state index contributed by atoms with van der Waals surface area (Å²) in [5.41, 5.74) is 4.96. The van der Waals surface area contributed by atoms with Crippen LogP contribution in [0.5, 0.6) is 0 Å². The summed E-state index contributed by atoms with van der Waals surface area (Å²) in [6.07, 6.45) is 1.49. The van der Waals surface area contributed by atoms with Crippen molar-refractivity contribution in [3.05, 3.63) is 59.2 Å². The van der Waals surface area contributed by atoms with Gasteiger partial charge in [0, 0.05) is 27.9 Å². The molecule has 0 unspecified atom stereocenters. The molecule has 3 aromatic heterocycles. The number of H-pyrrole nitrogens is 1. The van der Waals surface area contributed by atoms with Crippen molar-refractivity contribution in [3.63, 3.8) is 0 Å². The molecule has 24 heavy (non-hydrogen) atoms. The first-order valence-electron chi connectivity index (χ1n) is 7.40. The summed E-state index contributed by atoms with van der Waals surface area (Å²) in [7, 11) is 0. The molecule has 0 radical (unpaired) electrons. The summed E-state index contributed by atoms with van der Waals surface area (Å²) in [6, 6.07) is 8.48. The molecule has 1 N–H and O–H groups in total. The summed E-state index contributed by atoms with van der Waals surface area (Å²) in [5.74, 6) is 0.441. The second kappa shape index (κ2) is 5.68. The molecule has 0 atom stereocenters. The van der Waals surface area contributed by atoms with E-state index in [0.29, 0.717) is 5.95 Å². The summed E-state index contributed by atoms with van der Waals surface area (Å²) in [4.78, 5) is 8.93. The Balaban J connectivity index is 1.75. The van der Waals surface area contributed by atoms with Crippen LogP contribution in [0, 0.1) is 19.7 Å². The van der Waals surface area contributed by atoms with Gasteiger partial charge >= 0.3 is 0 Å². The number of aryl methyl sites for hydroxylation is 1. The van der Waals surface area contributed by atoms with Crippen molar-refractivity contribution in [2.24, 2.45) is 0 Å². The SMILES string of the molecule is Cc1cc(-c2csc(-c3ccc(F)cc3)n2)c(C)n1-c1ncn[nH]1. The highest BCUT2D eigenvalue weighted by Crippen LogP contribution is 2.32. The van der Waals surface area contributed by atoms with Crippen LogP contribution < -0.4 is 0 Å². The monoisotopic (exact) mass is 339 g/mol. The van der Waals surface area contributed by atoms with Gasteiger partial charge in [-0.25, -0.2) is 14.5 Å². The van der Waals surface area contributed by atoms with Crippen LogP contribution in [-0.2, 0) is 0 Å². The molecular weight excluding hydrogens is 325 g/mol. The topological polar surface area (TPSA) is 59.4 Å². The first kappa shape index (κ1) is 14.8. The fraction of sp³-hybridized carbons (Fsp3) is 0.118. The molecule has 4 aromatic rings. The summed E-state index contributed by atoms with van der Waals surface area (Å²) < 4.78 is 15.1. The molecule has 120 valence electrons. The van der Waals surface area contributed by atoms with E-state index in [2.05, 4.69) is 21.2 Å². The number of aromatic amines is 1. The minimum atomic E-state index is -0.244. The van der Waals surface area contributed by atoms with Crippen molar-refractivity contribution in [2.45, 2.75) is 13.8 Å². The number of thiazole rings is 1. The minimum Gasteiger partial charge on any atom is -0.287 e. The molecule has 4 rings (SSSR count). The van der Waals surface area contributed by atoms with E-state index < -0.39 is 0 Å². The third-order valence-corrected chi connectivity index (χ3v) is 4.81. The van der Waals surface area contributed by atoms with Crippen LogP contribution in [0.4, 0.5) is 4.39 Å². The van der Waals surface area contributed by atoms with Crippen LogP contribution in [-0.4, -0.2) is 24.7 Å². The lowest BCUT2D eigenvalue weighted by Crippen LogP contribution is -2.01.